The minimum atomic E-state index is -1.00. The highest BCUT2D eigenvalue weighted by Crippen LogP contribution is 2.41. The number of nitrogens with one attached hydrogen (secondary N) is 1. The SMILES string of the molecule is C=C1[C@H](COC(O)c2ccccc2)CC[C@@H]1n1cnc2c(OCc3ccccc3)nc(NC(=O)OC(C)(C)C)nc21. The van der Waals surface area contributed by atoms with Crippen LogP contribution in [0.25, 0.3) is 11.2 Å². The van der Waals surface area contributed by atoms with Gasteiger partial charge in [-0.15, -0.1) is 0 Å². The summed E-state index contributed by atoms with van der Waals surface area (Å²) in [7, 11) is 0. The zero-order valence-corrected chi connectivity index (χ0v) is 23.5. The van der Waals surface area contributed by atoms with Gasteiger partial charge in [0.15, 0.2) is 17.5 Å². The van der Waals surface area contributed by atoms with Crippen LogP contribution >= 0.6 is 0 Å². The Balaban J connectivity index is 1.37. The number of hydrogen-bond acceptors (Lipinski definition) is 8. The lowest BCUT2D eigenvalue weighted by Gasteiger charge is -2.20. The van der Waals surface area contributed by atoms with Gasteiger partial charge in [-0.05, 0) is 44.7 Å². The van der Waals surface area contributed by atoms with Gasteiger partial charge >= 0.3 is 6.09 Å². The summed E-state index contributed by atoms with van der Waals surface area (Å²) in [4.78, 5) is 26.2. The number of benzene rings is 2. The average Bonchev–Trinajstić information content (AvgIpc) is 3.53. The summed E-state index contributed by atoms with van der Waals surface area (Å²) in [6.45, 7) is 10.3. The van der Waals surface area contributed by atoms with Gasteiger partial charge in [-0.3, -0.25) is 5.32 Å². The Morgan fingerprint density at radius 1 is 1.10 bits per heavy atom. The van der Waals surface area contributed by atoms with Crippen molar-refractivity contribution >= 4 is 23.2 Å². The van der Waals surface area contributed by atoms with Crippen LogP contribution in [0.15, 0.2) is 79.1 Å². The number of rotatable bonds is 9. The van der Waals surface area contributed by atoms with Gasteiger partial charge in [-0.25, -0.2) is 9.78 Å². The number of hydrogen-bond donors (Lipinski definition) is 2. The summed E-state index contributed by atoms with van der Waals surface area (Å²) in [6.07, 6.45) is 1.64. The fraction of sp³-hybridized carbons (Fsp3) is 0.355. The van der Waals surface area contributed by atoms with Gasteiger partial charge in [-0.1, -0.05) is 67.2 Å². The third kappa shape index (κ3) is 6.90. The van der Waals surface area contributed by atoms with E-state index in [1.54, 1.807) is 27.1 Å². The molecular formula is C31H35N5O5. The molecule has 0 saturated heterocycles. The van der Waals surface area contributed by atoms with Crippen LogP contribution in [0.1, 0.15) is 57.1 Å². The van der Waals surface area contributed by atoms with Crippen molar-refractivity contribution in [1.29, 1.82) is 0 Å². The fourth-order valence-corrected chi connectivity index (χ4v) is 4.83. The molecule has 5 rings (SSSR count). The first kappa shape index (κ1) is 28.3. The van der Waals surface area contributed by atoms with E-state index in [1.165, 1.54) is 0 Å². The molecule has 2 aromatic carbocycles. The van der Waals surface area contributed by atoms with Crippen molar-refractivity contribution < 1.29 is 24.1 Å². The number of anilines is 1. The maximum atomic E-state index is 12.5. The van der Waals surface area contributed by atoms with E-state index in [2.05, 4.69) is 26.8 Å². The molecule has 1 amide bonds. The smallest absolute Gasteiger partial charge is 0.414 e. The maximum Gasteiger partial charge on any atom is 0.414 e. The topological polar surface area (TPSA) is 121 Å². The van der Waals surface area contributed by atoms with Crippen molar-refractivity contribution in [3.63, 3.8) is 0 Å². The number of carbonyl (C=O) groups is 1. The highest BCUT2D eigenvalue weighted by Gasteiger charge is 2.33. The quantitative estimate of drug-likeness (QED) is 0.191. The van der Waals surface area contributed by atoms with Crippen molar-refractivity contribution in [3.8, 4) is 5.88 Å². The molecule has 2 heterocycles. The standard InChI is InChI=1S/C31H35N5O5/c1-20-23(18-40-28(37)22-13-9-6-10-14-22)15-16-24(20)36-19-32-25-26(36)33-29(35-30(38)41-31(2,3)4)34-27(25)39-17-21-11-7-5-8-12-21/h5-14,19,23-24,28,37H,1,15-18H2,2-4H3,(H,33,34,35,38)/t23-,24-,28?/m0/s1. The van der Waals surface area contributed by atoms with Gasteiger partial charge in [0, 0.05) is 11.5 Å². The van der Waals surface area contributed by atoms with E-state index in [0.29, 0.717) is 23.3 Å². The highest BCUT2D eigenvalue weighted by molar-refractivity contribution is 5.85. The predicted molar refractivity (Wildman–Crippen MR) is 154 cm³/mol. The summed E-state index contributed by atoms with van der Waals surface area (Å²) >= 11 is 0. The molecule has 214 valence electrons. The Morgan fingerprint density at radius 2 is 1.80 bits per heavy atom. The number of imidazole rings is 1. The lowest BCUT2D eigenvalue weighted by Crippen LogP contribution is -2.28. The van der Waals surface area contributed by atoms with E-state index in [0.717, 1.165) is 24.0 Å². The third-order valence-corrected chi connectivity index (χ3v) is 6.84. The monoisotopic (exact) mass is 557 g/mol. The van der Waals surface area contributed by atoms with Gasteiger partial charge < -0.3 is 23.9 Å². The minimum Gasteiger partial charge on any atom is -0.471 e. The number of amides is 1. The van der Waals surface area contributed by atoms with Crippen molar-refractivity contribution in [3.05, 3.63) is 90.3 Å². The second-order valence-corrected chi connectivity index (χ2v) is 11.0. The highest BCUT2D eigenvalue weighted by atomic mass is 16.6. The molecule has 1 aliphatic rings. The number of ether oxygens (including phenoxy) is 3. The van der Waals surface area contributed by atoms with Gasteiger partial charge in [-0.2, -0.15) is 9.97 Å². The lowest BCUT2D eigenvalue weighted by molar-refractivity contribution is -0.110. The molecule has 1 aliphatic carbocycles. The first-order valence-corrected chi connectivity index (χ1v) is 13.6. The van der Waals surface area contributed by atoms with E-state index in [4.69, 9.17) is 14.2 Å². The van der Waals surface area contributed by atoms with Gasteiger partial charge in [0.05, 0.1) is 19.0 Å². The van der Waals surface area contributed by atoms with Crippen LogP contribution in [0.4, 0.5) is 10.7 Å². The zero-order valence-electron chi connectivity index (χ0n) is 23.5. The fourth-order valence-electron chi connectivity index (χ4n) is 4.83. The van der Waals surface area contributed by atoms with Crippen molar-refractivity contribution in [2.75, 3.05) is 11.9 Å². The molecule has 0 bridgehead atoms. The van der Waals surface area contributed by atoms with Crippen molar-refractivity contribution in [1.82, 2.24) is 19.5 Å². The van der Waals surface area contributed by atoms with Gasteiger partial charge in [0.25, 0.3) is 0 Å². The summed E-state index contributed by atoms with van der Waals surface area (Å²) in [5.41, 5.74) is 2.92. The summed E-state index contributed by atoms with van der Waals surface area (Å²) in [6, 6.07) is 18.9. The van der Waals surface area contributed by atoms with Crippen molar-refractivity contribution in [2.45, 2.75) is 58.2 Å². The Kier molecular flexibility index (Phi) is 8.32. The van der Waals surface area contributed by atoms with E-state index in [1.807, 2.05) is 65.2 Å². The molecule has 10 nitrogen and oxygen atoms in total. The maximum absolute atomic E-state index is 12.5. The molecule has 1 saturated carbocycles. The summed E-state index contributed by atoms with van der Waals surface area (Å²) in [5, 5.41) is 13.1. The molecule has 41 heavy (non-hydrogen) atoms. The summed E-state index contributed by atoms with van der Waals surface area (Å²) < 4.78 is 19.2. The first-order valence-electron chi connectivity index (χ1n) is 13.6. The van der Waals surface area contributed by atoms with E-state index >= 15 is 0 Å². The molecule has 10 heteroatoms. The number of aliphatic hydroxyl groups excluding tert-OH is 1. The first-order chi connectivity index (χ1) is 19.7. The summed E-state index contributed by atoms with van der Waals surface area (Å²) in [5.74, 6) is 0.343. The number of aromatic nitrogens is 4. The van der Waals surface area contributed by atoms with E-state index in [9.17, 15) is 9.90 Å². The minimum absolute atomic E-state index is 0.0470. The largest absolute Gasteiger partial charge is 0.471 e. The molecule has 4 aromatic rings. The molecule has 2 N–H and O–H groups in total. The number of carbonyl (C=O) groups excluding carboxylic acids is 1. The number of fused-ring (bicyclic) bond motifs is 1. The Labute approximate surface area is 239 Å². The Morgan fingerprint density at radius 3 is 2.51 bits per heavy atom. The molecule has 0 radical (unpaired) electrons. The van der Waals surface area contributed by atoms with Gasteiger partial charge in [0.2, 0.25) is 11.8 Å². The third-order valence-electron chi connectivity index (χ3n) is 6.84. The van der Waals surface area contributed by atoms with Crippen LogP contribution in [-0.2, 0) is 16.1 Å². The molecule has 1 fully saturated rings. The molecular weight excluding hydrogens is 522 g/mol. The lowest BCUT2D eigenvalue weighted by atomic mass is 10.0. The van der Waals surface area contributed by atoms with Crippen LogP contribution in [0.5, 0.6) is 5.88 Å². The number of nitrogens with zero attached hydrogens (tertiary/aromatic N) is 4. The van der Waals surface area contributed by atoms with Gasteiger partial charge in [0.1, 0.15) is 12.2 Å². The zero-order chi connectivity index (χ0) is 29.0. The molecule has 2 aromatic heterocycles. The molecule has 0 spiro atoms. The van der Waals surface area contributed by atoms with Crippen LogP contribution in [0, 0.1) is 5.92 Å². The van der Waals surface area contributed by atoms with Crippen LogP contribution in [-0.4, -0.2) is 42.9 Å². The molecule has 1 unspecified atom stereocenters. The second kappa shape index (κ2) is 12.1. The van der Waals surface area contributed by atoms with Crippen LogP contribution < -0.4 is 10.1 Å². The Bertz CT molecular complexity index is 1500. The second-order valence-electron chi connectivity index (χ2n) is 11.0. The van der Waals surface area contributed by atoms with E-state index in [-0.39, 0.29) is 30.4 Å². The average molecular weight is 558 g/mol. The Hall–Kier alpha value is -4.28. The molecule has 3 atom stereocenters. The van der Waals surface area contributed by atoms with Crippen LogP contribution in [0.2, 0.25) is 0 Å². The van der Waals surface area contributed by atoms with Crippen LogP contribution in [0.3, 0.4) is 0 Å². The molecule has 0 aliphatic heterocycles. The number of aliphatic hydroxyl groups is 1. The van der Waals surface area contributed by atoms with E-state index < -0.39 is 18.0 Å². The normalized spacial score (nSPS) is 17.9. The predicted octanol–water partition coefficient (Wildman–Crippen LogP) is 5.97. The van der Waals surface area contributed by atoms with Crippen molar-refractivity contribution in [2.24, 2.45) is 5.92 Å².